The number of nitrogens with two attached hydrogens (primary N) is 1. The summed E-state index contributed by atoms with van der Waals surface area (Å²) in [6.45, 7) is 1.36. The molecule has 18 heavy (non-hydrogen) atoms. The van der Waals surface area contributed by atoms with Crippen LogP contribution >= 0.6 is 28.1 Å². The first-order chi connectivity index (χ1) is 8.49. The lowest BCUT2D eigenvalue weighted by Gasteiger charge is -2.21. The smallest absolute Gasteiger partial charge is 0.161 e. The number of ether oxygens (including phenoxy) is 1. The number of halogens is 2. The first-order valence-electron chi connectivity index (χ1n) is 5.47. The van der Waals surface area contributed by atoms with E-state index in [0.29, 0.717) is 28.9 Å². The zero-order chi connectivity index (χ0) is 13.7. The van der Waals surface area contributed by atoms with E-state index in [0.717, 1.165) is 6.42 Å². The second-order valence-corrected chi connectivity index (χ2v) is 5.13. The predicted octanol–water partition coefficient (Wildman–Crippen LogP) is 2.70. The number of rotatable bonds is 6. The summed E-state index contributed by atoms with van der Waals surface area (Å²) in [5.74, 6) is -0.347. The summed E-state index contributed by atoms with van der Waals surface area (Å²) in [6.07, 6.45) is 0.834. The Balaban J connectivity index is 2.90. The van der Waals surface area contributed by atoms with Gasteiger partial charge in [-0.15, -0.1) is 0 Å². The van der Waals surface area contributed by atoms with Gasteiger partial charge in [-0.2, -0.15) is 0 Å². The third-order valence-electron chi connectivity index (χ3n) is 2.58. The summed E-state index contributed by atoms with van der Waals surface area (Å²) < 4.78 is 19.4. The molecule has 0 aromatic heterocycles. The molecule has 1 aromatic rings. The Kier molecular flexibility index (Phi) is 5.98. The maximum Gasteiger partial charge on any atom is 0.161 e. The number of anilines is 1. The summed E-state index contributed by atoms with van der Waals surface area (Å²) >= 11 is 8.04. The molecule has 0 spiro atoms. The van der Waals surface area contributed by atoms with Gasteiger partial charge in [0.1, 0.15) is 4.99 Å². The topological polar surface area (TPSA) is 38.5 Å². The summed E-state index contributed by atoms with van der Waals surface area (Å²) in [7, 11) is 3.48. The van der Waals surface area contributed by atoms with Crippen molar-refractivity contribution in [1.82, 2.24) is 0 Å². The van der Waals surface area contributed by atoms with E-state index in [9.17, 15) is 4.39 Å². The minimum absolute atomic E-state index is 0.175. The Hall–Kier alpha value is -0.720. The van der Waals surface area contributed by atoms with Gasteiger partial charge in [0.15, 0.2) is 5.82 Å². The molecule has 0 atom stereocenters. The Morgan fingerprint density at radius 2 is 2.22 bits per heavy atom. The van der Waals surface area contributed by atoms with E-state index >= 15 is 0 Å². The summed E-state index contributed by atoms with van der Waals surface area (Å²) in [4.78, 5) is 2.01. The van der Waals surface area contributed by atoms with Crippen LogP contribution in [0.1, 0.15) is 12.0 Å². The number of benzene rings is 1. The van der Waals surface area contributed by atoms with Crippen LogP contribution in [0, 0.1) is 5.82 Å². The van der Waals surface area contributed by atoms with Crippen LogP contribution in [0.4, 0.5) is 10.1 Å². The third-order valence-corrected chi connectivity index (χ3v) is 3.58. The van der Waals surface area contributed by atoms with Crippen molar-refractivity contribution < 1.29 is 9.13 Å². The molecule has 0 radical (unpaired) electrons. The lowest BCUT2D eigenvalue weighted by atomic mass is 10.2. The molecule has 0 bridgehead atoms. The van der Waals surface area contributed by atoms with Crippen molar-refractivity contribution in [3.63, 3.8) is 0 Å². The fourth-order valence-electron chi connectivity index (χ4n) is 1.59. The van der Waals surface area contributed by atoms with Gasteiger partial charge in [0.2, 0.25) is 0 Å². The molecular formula is C12H16BrFN2OS. The van der Waals surface area contributed by atoms with Crippen molar-refractivity contribution in [1.29, 1.82) is 0 Å². The van der Waals surface area contributed by atoms with E-state index in [1.165, 1.54) is 0 Å². The second-order valence-electron chi connectivity index (χ2n) is 3.89. The van der Waals surface area contributed by atoms with Crippen LogP contribution in [0.2, 0.25) is 0 Å². The van der Waals surface area contributed by atoms with Gasteiger partial charge in [0.05, 0.1) is 10.2 Å². The van der Waals surface area contributed by atoms with Gasteiger partial charge >= 0.3 is 0 Å². The molecule has 1 aromatic carbocycles. The minimum Gasteiger partial charge on any atom is -0.389 e. The van der Waals surface area contributed by atoms with Crippen molar-refractivity contribution >= 4 is 38.8 Å². The zero-order valence-corrected chi connectivity index (χ0v) is 12.8. The average molecular weight is 335 g/mol. The Labute approximate surface area is 120 Å². The third kappa shape index (κ3) is 3.63. The molecule has 0 unspecified atom stereocenters. The normalized spacial score (nSPS) is 10.4. The SMILES string of the molecule is COCCCN(C)c1ccc(C(N)=S)c(Br)c1F. The van der Waals surface area contributed by atoms with Crippen molar-refractivity contribution in [3.8, 4) is 0 Å². The van der Waals surface area contributed by atoms with Crippen molar-refractivity contribution in [2.24, 2.45) is 5.73 Å². The van der Waals surface area contributed by atoms with E-state index in [4.69, 9.17) is 22.7 Å². The molecule has 6 heteroatoms. The maximum absolute atomic E-state index is 14.1. The Morgan fingerprint density at radius 1 is 1.56 bits per heavy atom. The van der Waals surface area contributed by atoms with Crippen LogP contribution in [0.15, 0.2) is 16.6 Å². The van der Waals surface area contributed by atoms with Crippen LogP contribution in [0.3, 0.4) is 0 Å². The molecule has 0 aliphatic heterocycles. The Morgan fingerprint density at radius 3 is 2.78 bits per heavy atom. The van der Waals surface area contributed by atoms with Crippen LogP contribution < -0.4 is 10.6 Å². The van der Waals surface area contributed by atoms with Crippen LogP contribution in [-0.2, 0) is 4.74 Å². The van der Waals surface area contributed by atoms with Crippen LogP contribution in [-0.4, -0.2) is 32.3 Å². The second kappa shape index (κ2) is 7.01. The highest BCUT2D eigenvalue weighted by Gasteiger charge is 2.15. The summed E-state index contributed by atoms with van der Waals surface area (Å²) in [5.41, 5.74) is 6.54. The molecule has 100 valence electrons. The van der Waals surface area contributed by atoms with E-state index in [2.05, 4.69) is 15.9 Å². The predicted molar refractivity (Wildman–Crippen MR) is 79.8 cm³/mol. The van der Waals surface area contributed by atoms with Crippen molar-refractivity contribution in [2.45, 2.75) is 6.42 Å². The molecule has 0 fully saturated rings. The van der Waals surface area contributed by atoms with E-state index in [1.807, 2.05) is 11.9 Å². The Bertz CT molecular complexity index is 442. The fraction of sp³-hybridized carbons (Fsp3) is 0.417. The van der Waals surface area contributed by atoms with Crippen molar-refractivity contribution in [2.75, 3.05) is 32.2 Å². The number of thiocarbonyl (C=S) groups is 1. The molecule has 0 aliphatic rings. The molecule has 2 N–H and O–H groups in total. The van der Waals surface area contributed by atoms with Gasteiger partial charge in [0.25, 0.3) is 0 Å². The molecule has 1 rings (SSSR count). The highest BCUT2D eigenvalue weighted by molar-refractivity contribution is 9.10. The minimum atomic E-state index is -0.347. The summed E-state index contributed by atoms with van der Waals surface area (Å²) in [6, 6.07) is 3.40. The number of methoxy groups -OCH3 is 1. The lowest BCUT2D eigenvalue weighted by molar-refractivity contribution is 0.196. The van der Waals surface area contributed by atoms with Gasteiger partial charge in [-0.3, -0.25) is 0 Å². The molecule has 0 aliphatic carbocycles. The maximum atomic E-state index is 14.1. The first kappa shape index (κ1) is 15.3. The van der Waals surface area contributed by atoms with Crippen molar-refractivity contribution in [3.05, 3.63) is 28.0 Å². The highest BCUT2D eigenvalue weighted by Crippen LogP contribution is 2.29. The quantitative estimate of drug-likeness (QED) is 0.641. The molecule has 0 saturated heterocycles. The number of hydrogen-bond donors (Lipinski definition) is 1. The fourth-order valence-corrected chi connectivity index (χ4v) is 2.44. The molecule has 0 saturated carbocycles. The first-order valence-corrected chi connectivity index (χ1v) is 6.67. The van der Waals surface area contributed by atoms with Gasteiger partial charge in [-0.25, -0.2) is 4.39 Å². The van der Waals surface area contributed by atoms with Crippen LogP contribution in [0.25, 0.3) is 0 Å². The standard InChI is InChI=1S/C12H16BrFN2OS/c1-16(6-3-7-17-2)9-5-4-8(12(15)18)10(13)11(9)14/h4-5H,3,6-7H2,1-2H3,(H2,15,18). The zero-order valence-electron chi connectivity index (χ0n) is 10.4. The van der Waals surface area contributed by atoms with Gasteiger partial charge in [-0.1, -0.05) is 12.2 Å². The molecular weight excluding hydrogens is 319 g/mol. The van der Waals surface area contributed by atoms with E-state index < -0.39 is 0 Å². The van der Waals surface area contributed by atoms with E-state index in [1.54, 1.807) is 19.2 Å². The van der Waals surface area contributed by atoms with Gasteiger partial charge in [-0.05, 0) is 34.5 Å². The van der Waals surface area contributed by atoms with E-state index in [-0.39, 0.29) is 10.8 Å². The number of hydrogen-bond acceptors (Lipinski definition) is 3. The summed E-state index contributed by atoms with van der Waals surface area (Å²) in [5, 5.41) is 0. The van der Waals surface area contributed by atoms with Crippen LogP contribution in [0.5, 0.6) is 0 Å². The average Bonchev–Trinajstić information content (AvgIpc) is 2.32. The van der Waals surface area contributed by atoms with Gasteiger partial charge in [0, 0.05) is 32.9 Å². The largest absolute Gasteiger partial charge is 0.389 e. The molecule has 0 heterocycles. The molecule has 3 nitrogen and oxygen atoms in total. The highest BCUT2D eigenvalue weighted by atomic mass is 79.9. The van der Waals surface area contributed by atoms with Gasteiger partial charge < -0.3 is 15.4 Å². The number of nitrogens with zero attached hydrogens (tertiary/aromatic N) is 1. The lowest BCUT2D eigenvalue weighted by Crippen LogP contribution is -2.21. The molecule has 0 amide bonds. The monoisotopic (exact) mass is 334 g/mol.